The van der Waals surface area contributed by atoms with Crippen LogP contribution >= 0.6 is 11.6 Å². The summed E-state index contributed by atoms with van der Waals surface area (Å²) in [7, 11) is 0. The Bertz CT molecular complexity index is 1180. The number of nitriles is 1. The molecule has 2 amide bonds. The van der Waals surface area contributed by atoms with Gasteiger partial charge in [0.25, 0.3) is 5.91 Å². The Morgan fingerprint density at radius 2 is 1.77 bits per heavy atom. The number of carbonyl (C=O) groups excluding carboxylic acids is 2. The highest BCUT2D eigenvalue weighted by atomic mass is 35.5. The van der Waals surface area contributed by atoms with E-state index in [1.807, 2.05) is 24.3 Å². The summed E-state index contributed by atoms with van der Waals surface area (Å²) in [4.78, 5) is 26.7. The SMILES string of the molecule is N#Cc1ccccc1-c1ccccc1C(=O)Nc1ccc(N2CCCC2=O)c(Cl)c1. The molecule has 1 aliphatic heterocycles. The van der Waals surface area contributed by atoms with Crippen molar-refractivity contribution in [2.45, 2.75) is 12.8 Å². The number of hydrogen-bond acceptors (Lipinski definition) is 3. The number of benzene rings is 3. The number of anilines is 2. The lowest BCUT2D eigenvalue weighted by Crippen LogP contribution is -2.24. The van der Waals surface area contributed by atoms with Crippen molar-refractivity contribution < 1.29 is 9.59 Å². The topological polar surface area (TPSA) is 73.2 Å². The molecule has 1 N–H and O–H groups in total. The lowest BCUT2D eigenvalue weighted by atomic mass is 9.95. The second-order valence-corrected chi connectivity index (χ2v) is 7.38. The molecule has 1 fully saturated rings. The van der Waals surface area contributed by atoms with Crippen LogP contribution in [-0.2, 0) is 4.79 Å². The van der Waals surface area contributed by atoms with Crippen molar-refractivity contribution in [2.75, 3.05) is 16.8 Å². The van der Waals surface area contributed by atoms with Gasteiger partial charge in [-0.1, -0.05) is 48.0 Å². The Hall–Kier alpha value is -3.62. The summed E-state index contributed by atoms with van der Waals surface area (Å²) < 4.78 is 0. The minimum Gasteiger partial charge on any atom is -0.322 e. The molecule has 0 atom stereocenters. The Labute approximate surface area is 179 Å². The standard InChI is InChI=1S/C24H18ClN3O2/c25-21-14-17(11-12-22(21)28-13-5-10-23(28)29)27-24(30)20-9-4-3-8-19(20)18-7-2-1-6-16(18)15-26/h1-4,6-9,11-12,14H,5,10,13H2,(H,27,30). The van der Waals surface area contributed by atoms with Crippen LogP contribution in [0, 0.1) is 11.3 Å². The van der Waals surface area contributed by atoms with Crippen molar-refractivity contribution >= 4 is 34.8 Å². The van der Waals surface area contributed by atoms with Gasteiger partial charge in [-0.2, -0.15) is 5.26 Å². The minimum absolute atomic E-state index is 0.0544. The van der Waals surface area contributed by atoms with Crippen molar-refractivity contribution in [1.29, 1.82) is 5.26 Å². The van der Waals surface area contributed by atoms with Gasteiger partial charge in [0.05, 0.1) is 22.3 Å². The van der Waals surface area contributed by atoms with Gasteiger partial charge in [0.1, 0.15) is 0 Å². The number of nitrogens with one attached hydrogen (secondary N) is 1. The van der Waals surface area contributed by atoms with Gasteiger partial charge in [-0.15, -0.1) is 0 Å². The summed E-state index contributed by atoms with van der Waals surface area (Å²) in [6.07, 6.45) is 1.34. The summed E-state index contributed by atoms with van der Waals surface area (Å²) in [5.41, 5.74) is 3.52. The summed E-state index contributed by atoms with van der Waals surface area (Å²) in [6, 6.07) is 21.6. The van der Waals surface area contributed by atoms with Gasteiger partial charge >= 0.3 is 0 Å². The van der Waals surface area contributed by atoms with Gasteiger partial charge in [-0.25, -0.2) is 0 Å². The fraction of sp³-hybridized carbons (Fsp3) is 0.125. The Morgan fingerprint density at radius 3 is 2.47 bits per heavy atom. The fourth-order valence-electron chi connectivity index (χ4n) is 3.64. The molecule has 30 heavy (non-hydrogen) atoms. The van der Waals surface area contributed by atoms with Crippen molar-refractivity contribution in [2.24, 2.45) is 0 Å². The van der Waals surface area contributed by atoms with Crippen LogP contribution < -0.4 is 10.2 Å². The van der Waals surface area contributed by atoms with Gasteiger partial charge in [-0.3, -0.25) is 9.59 Å². The molecule has 3 aromatic carbocycles. The van der Waals surface area contributed by atoms with Crippen LogP contribution in [0.25, 0.3) is 11.1 Å². The van der Waals surface area contributed by atoms with Crippen molar-refractivity contribution in [3.63, 3.8) is 0 Å². The van der Waals surface area contributed by atoms with Crippen LogP contribution in [0.1, 0.15) is 28.8 Å². The Kier molecular flexibility index (Phi) is 5.51. The average Bonchev–Trinajstić information content (AvgIpc) is 3.19. The van der Waals surface area contributed by atoms with Crippen LogP contribution in [0.4, 0.5) is 11.4 Å². The molecule has 0 saturated carbocycles. The molecule has 0 bridgehead atoms. The third-order valence-corrected chi connectivity index (χ3v) is 5.38. The molecule has 0 unspecified atom stereocenters. The highest BCUT2D eigenvalue weighted by Gasteiger charge is 2.24. The Morgan fingerprint density at radius 1 is 1.03 bits per heavy atom. The van der Waals surface area contributed by atoms with Crippen LogP contribution in [0.5, 0.6) is 0 Å². The number of amides is 2. The van der Waals surface area contributed by atoms with Gasteiger partial charge in [-0.05, 0) is 42.3 Å². The number of halogens is 1. The maximum atomic E-state index is 13.0. The van der Waals surface area contributed by atoms with Crippen molar-refractivity contribution in [1.82, 2.24) is 0 Å². The fourth-order valence-corrected chi connectivity index (χ4v) is 3.92. The molecule has 148 valence electrons. The van der Waals surface area contributed by atoms with E-state index in [4.69, 9.17) is 11.6 Å². The molecule has 4 rings (SSSR count). The first kappa shape index (κ1) is 19.7. The predicted molar refractivity (Wildman–Crippen MR) is 118 cm³/mol. The lowest BCUT2D eigenvalue weighted by molar-refractivity contribution is -0.117. The van der Waals surface area contributed by atoms with E-state index in [1.165, 1.54) is 0 Å². The number of nitrogens with zero attached hydrogens (tertiary/aromatic N) is 2. The molecule has 0 spiro atoms. The third kappa shape index (κ3) is 3.78. The van der Waals surface area contributed by atoms with E-state index in [0.717, 1.165) is 6.42 Å². The zero-order chi connectivity index (χ0) is 21.1. The molecule has 0 radical (unpaired) electrons. The van der Waals surface area contributed by atoms with Gasteiger partial charge < -0.3 is 10.2 Å². The summed E-state index contributed by atoms with van der Waals surface area (Å²) in [5.74, 6) is -0.252. The largest absolute Gasteiger partial charge is 0.322 e. The molecule has 0 aliphatic carbocycles. The molecule has 1 aliphatic rings. The first-order chi connectivity index (χ1) is 14.6. The zero-order valence-corrected chi connectivity index (χ0v) is 16.8. The minimum atomic E-state index is -0.306. The smallest absolute Gasteiger partial charge is 0.256 e. The van der Waals surface area contributed by atoms with E-state index in [1.54, 1.807) is 47.4 Å². The second kappa shape index (κ2) is 8.40. The maximum Gasteiger partial charge on any atom is 0.256 e. The molecule has 0 aromatic heterocycles. The summed E-state index contributed by atoms with van der Waals surface area (Å²) in [6.45, 7) is 0.649. The maximum absolute atomic E-state index is 13.0. The molecule has 3 aromatic rings. The Balaban J connectivity index is 1.62. The van der Waals surface area contributed by atoms with Gasteiger partial charge in [0.2, 0.25) is 5.91 Å². The highest BCUT2D eigenvalue weighted by Crippen LogP contribution is 2.32. The van der Waals surface area contributed by atoms with Crippen LogP contribution in [0.15, 0.2) is 66.7 Å². The predicted octanol–water partition coefficient (Wildman–Crippen LogP) is 5.26. The van der Waals surface area contributed by atoms with Crippen LogP contribution in [0.3, 0.4) is 0 Å². The van der Waals surface area contributed by atoms with Crippen LogP contribution in [0.2, 0.25) is 5.02 Å². The quantitative estimate of drug-likeness (QED) is 0.631. The molecular weight excluding hydrogens is 398 g/mol. The first-order valence-electron chi connectivity index (χ1n) is 9.58. The molecular formula is C24H18ClN3O2. The van der Waals surface area contributed by atoms with E-state index in [2.05, 4.69) is 11.4 Å². The normalized spacial score (nSPS) is 13.2. The third-order valence-electron chi connectivity index (χ3n) is 5.08. The number of carbonyl (C=O) groups is 2. The molecule has 1 saturated heterocycles. The lowest BCUT2D eigenvalue weighted by Gasteiger charge is -2.18. The first-order valence-corrected chi connectivity index (χ1v) is 9.96. The van der Waals surface area contributed by atoms with E-state index in [0.29, 0.717) is 51.6 Å². The number of hydrogen-bond donors (Lipinski definition) is 1. The van der Waals surface area contributed by atoms with Crippen LogP contribution in [-0.4, -0.2) is 18.4 Å². The highest BCUT2D eigenvalue weighted by molar-refractivity contribution is 6.34. The summed E-state index contributed by atoms with van der Waals surface area (Å²) in [5, 5.41) is 12.7. The zero-order valence-electron chi connectivity index (χ0n) is 16.1. The molecule has 6 heteroatoms. The summed E-state index contributed by atoms with van der Waals surface area (Å²) >= 11 is 6.39. The molecule has 5 nitrogen and oxygen atoms in total. The number of rotatable bonds is 4. The van der Waals surface area contributed by atoms with E-state index in [-0.39, 0.29) is 11.8 Å². The average molecular weight is 416 g/mol. The van der Waals surface area contributed by atoms with Crippen molar-refractivity contribution in [3.8, 4) is 17.2 Å². The molecule has 1 heterocycles. The van der Waals surface area contributed by atoms with Gasteiger partial charge in [0.15, 0.2) is 0 Å². The van der Waals surface area contributed by atoms with E-state index >= 15 is 0 Å². The van der Waals surface area contributed by atoms with Gasteiger partial charge in [0, 0.05) is 29.8 Å². The van der Waals surface area contributed by atoms with Crippen molar-refractivity contribution in [3.05, 3.63) is 82.9 Å². The van der Waals surface area contributed by atoms with E-state index in [9.17, 15) is 14.9 Å². The monoisotopic (exact) mass is 415 g/mol. The second-order valence-electron chi connectivity index (χ2n) is 6.97. The van der Waals surface area contributed by atoms with E-state index < -0.39 is 0 Å².